The van der Waals surface area contributed by atoms with Crippen LogP contribution in [-0.4, -0.2) is 18.6 Å². The van der Waals surface area contributed by atoms with Crippen molar-refractivity contribution in [2.75, 3.05) is 4.72 Å². The van der Waals surface area contributed by atoms with Crippen LogP contribution in [0, 0.1) is 0 Å². The Balaban J connectivity index is 1.54. The first-order chi connectivity index (χ1) is 14.5. The van der Waals surface area contributed by atoms with Gasteiger partial charge in [-0.2, -0.15) is 4.98 Å². The summed E-state index contributed by atoms with van der Waals surface area (Å²) in [5.41, 5.74) is 2.30. The summed E-state index contributed by atoms with van der Waals surface area (Å²) in [6, 6.07) is 17.6. The smallest absolute Gasteiger partial charge is 0.261 e. The highest BCUT2D eigenvalue weighted by Crippen LogP contribution is 2.24. The Bertz CT molecular complexity index is 1210. The molecule has 8 heteroatoms. The lowest BCUT2D eigenvalue weighted by atomic mass is 10.1. The Hall–Kier alpha value is -3.39. The van der Waals surface area contributed by atoms with Crippen molar-refractivity contribution >= 4 is 15.7 Å². The van der Waals surface area contributed by atoms with Crippen LogP contribution in [0.1, 0.15) is 30.4 Å². The first-order valence-corrected chi connectivity index (χ1v) is 11.1. The average molecular weight is 423 g/mol. The van der Waals surface area contributed by atoms with Gasteiger partial charge < -0.3 is 8.94 Å². The maximum Gasteiger partial charge on any atom is 0.261 e. The number of benzene rings is 2. The number of hydrogen-bond donors (Lipinski definition) is 1. The molecule has 154 valence electrons. The molecular formula is C22H21N3O4S. The number of nitrogens with zero attached hydrogens (tertiary/aromatic N) is 2. The number of furan rings is 1. The Morgan fingerprint density at radius 1 is 1.00 bits per heavy atom. The van der Waals surface area contributed by atoms with Gasteiger partial charge in [-0.15, -0.1) is 0 Å². The fourth-order valence-corrected chi connectivity index (χ4v) is 4.20. The maximum atomic E-state index is 12.9. The number of aryl methyl sites for hydroxylation is 1. The summed E-state index contributed by atoms with van der Waals surface area (Å²) < 4.78 is 39.0. The molecule has 0 unspecified atom stereocenters. The monoisotopic (exact) mass is 423 g/mol. The van der Waals surface area contributed by atoms with Crippen molar-refractivity contribution in [1.82, 2.24) is 10.1 Å². The standard InChI is InChI=1S/C22H21N3O4S/c1-2-6-16-10-12-18(13-11-16)30(26,27)25-19-8-4-3-7-17(19)15-21-23-22(24-29-21)20-9-5-14-28-20/h3-5,7-14,25H,2,6,15H2,1H3. The highest BCUT2D eigenvalue weighted by Gasteiger charge is 2.18. The van der Waals surface area contributed by atoms with Gasteiger partial charge >= 0.3 is 0 Å². The molecule has 1 N–H and O–H groups in total. The van der Waals surface area contributed by atoms with Gasteiger partial charge in [-0.3, -0.25) is 4.72 Å². The molecule has 0 atom stereocenters. The van der Waals surface area contributed by atoms with E-state index in [0.29, 0.717) is 23.2 Å². The molecule has 7 nitrogen and oxygen atoms in total. The van der Waals surface area contributed by atoms with Gasteiger partial charge in [-0.1, -0.05) is 48.8 Å². The van der Waals surface area contributed by atoms with E-state index < -0.39 is 10.0 Å². The molecule has 0 amide bonds. The zero-order valence-electron chi connectivity index (χ0n) is 16.4. The number of nitrogens with one attached hydrogen (secondary N) is 1. The minimum absolute atomic E-state index is 0.218. The third-order valence-corrected chi connectivity index (χ3v) is 5.97. The lowest BCUT2D eigenvalue weighted by molar-refractivity contribution is 0.384. The molecule has 0 fully saturated rings. The third kappa shape index (κ3) is 4.44. The molecule has 4 aromatic rings. The second kappa shape index (κ2) is 8.54. The third-order valence-electron chi connectivity index (χ3n) is 4.59. The van der Waals surface area contributed by atoms with Crippen LogP contribution in [0.2, 0.25) is 0 Å². The lowest BCUT2D eigenvalue weighted by Crippen LogP contribution is -2.14. The van der Waals surface area contributed by atoms with E-state index in [1.54, 1.807) is 36.4 Å². The number of hydrogen-bond acceptors (Lipinski definition) is 6. The van der Waals surface area contributed by atoms with Crippen LogP contribution in [0.5, 0.6) is 0 Å². The molecule has 0 bridgehead atoms. The van der Waals surface area contributed by atoms with Gasteiger partial charge in [0.1, 0.15) is 0 Å². The predicted octanol–water partition coefficient (Wildman–Crippen LogP) is 4.67. The first kappa shape index (κ1) is 19.9. The second-order valence-electron chi connectivity index (χ2n) is 6.82. The van der Waals surface area contributed by atoms with Gasteiger partial charge in [-0.25, -0.2) is 8.42 Å². The summed E-state index contributed by atoms with van der Waals surface area (Å²) in [6.07, 6.45) is 3.74. The second-order valence-corrected chi connectivity index (χ2v) is 8.50. The molecule has 0 aliphatic rings. The Labute approximate surface area is 174 Å². The fraction of sp³-hybridized carbons (Fsp3) is 0.182. The zero-order valence-corrected chi connectivity index (χ0v) is 17.2. The van der Waals surface area contributed by atoms with Crippen molar-refractivity contribution in [2.24, 2.45) is 0 Å². The largest absolute Gasteiger partial charge is 0.461 e. The van der Waals surface area contributed by atoms with Crippen LogP contribution in [0.25, 0.3) is 11.6 Å². The van der Waals surface area contributed by atoms with E-state index in [-0.39, 0.29) is 11.3 Å². The number of aromatic nitrogens is 2. The maximum absolute atomic E-state index is 12.9. The number of para-hydroxylation sites is 1. The number of anilines is 1. The van der Waals surface area contributed by atoms with Crippen molar-refractivity contribution in [2.45, 2.75) is 31.1 Å². The molecule has 0 aliphatic heterocycles. The van der Waals surface area contributed by atoms with E-state index in [1.807, 2.05) is 24.3 Å². The Morgan fingerprint density at radius 3 is 2.53 bits per heavy atom. The topological polar surface area (TPSA) is 98.2 Å². The first-order valence-electron chi connectivity index (χ1n) is 9.61. The minimum atomic E-state index is -3.72. The highest BCUT2D eigenvalue weighted by atomic mass is 32.2. The minimum Gasteiger partial charge on any atom is -0.461 e. The summed E-state index contributed by atoms with van der Waals surface area (Å²) in [5.74, 6) is 1.21. The fourth-order valence-electron chi connectivity index (χ4n) is 3.10. The van der Waals surface area contributed by atoms with Gasteiger partial charge in [0.15, 0.2) is 5.76 Å². The van der Waals surface area contributed by atoms with Crippen LogP contribution >= 0.6 is 0 Å². The average Bonchev–Trinajstić information content (AvgIpc) is 3.42. The van der Waals surface area contributed by atoms with Crippen LogP contribution in [0.15, 0.2) is 80.8 Å². The predicted molar refractivity (Wildman–Crippen MR) is 112 cm³/mol. The van der Waals surface area contributed by atoms with Crippen LogP contribution in [0.3, 0.4) is 0 Å². The van der Waals surface area contributed by atoms with Gasteiger partial charge in [-0.05, 0) is 47.9 Å². The normalized spacial score (nSPS) is 11.5. The number of rotatable bonds is 8. The summed E-state index contributed by atoms with van der Waals surface area (Å²) in [6.45, 7) is 2.09. The van der Waals surface area contributed by atoms with E-state index >= 15 is 0 Å². The zero-order chi connectivity index (χ0) is 21.0. The van der Waals surface area contributed by atoms with E-state index in [2.05, 4.69) is 21.8 Å². The molecule has 0 spiro atoms. The van der Waals surface area contributed by atoms with E-state index in [4.69, 9.17) is 8.94 Å². The Morgan fingerprint density at radius 2 is 1.80 bits per heavy atom. The summed E-state index contributed by atoms with van der Waals surface area (Å²) in [5, 5.41) is 3.91. The van der Waals surface area contributed by atoms with Crippen LogP contribution in [0.4, 0.5) is 5.69 Å². The molecule has 0 radical (unpaired) electrons. The number of sulfonamides is 1. The van der Waals surface area contributed by atoms with E-state index in [0.717, 1.165) is 24.0 Å². The molecular weight excluding hydrogens is 402 g/mol. The molecule has 2 aromatic heterocycles. The van der Waals surface area contributed by atoms with Crippen molar-refractivity contribution in [1.29, 1.82) is 0 Å². The van der Waals surface area contributed by atoms with Crippen molar-refractivity contribution in [3.63, 3.8) is 0 Å². The quantitative estimate of drug-likeness (QED) is 0.442. The van der Waals surface area contributed by atoms with E-state index in [1.165, 1.54) is 6.26 Å². The Kier molecular flexibility index (Phi) is 5.67. The van der Waals surface area contributed by atoms with Gasteiger partial charge in [0.05, 0.1) is 23.3 Å². The summed E-state index contributed by atoms with van der Waals surface area (Å²) in [4.78, 5) is 4.54. The van der Waals surface area contributed by atoms with Gasteiger partial charge in [0.2, 0.25) is 11.7 Å². The molecule has 0 saturated carbocycles. The molecule has 0 saturated heterocycles. The highest BCUT2D eigenvalue weighted by molar-refractivity contribution is 7.92. The van der Waals surface area contributed by atoms with Crippen LogP contribution in [-0.2, 0) is 22.9 Å². The summed E-state index contributed by atoms with van der Waals surface area (Å²) in [7, 11) is -3.72. The molecule has 2 heterocycles. The molecule has 2 aromatic carbocycles. The molecule has 30 heavy (non-hydrogen) atoms. The van der Waals surface area contributed by atoms with Gasteiger partial charge in [0, 0.05) is 0 Å². The van der Waals surface area contributed by atoms with Gasteiger partial charge in [0.25, 0.3) is 10.0 Å². The molecule has 0 aliphatic carbocycles. The SMILES string of the molecule is CCCc1ccc(S(=O)(=O)Nc2ccccc2Cc2nc(-c3ccco3)no2)cc1. The lowest BCUT2D eigenvalue weighted by Gasteiger charge is -2.12. The van der Waals surface area contributed by atoms with Crippen molar-refractivity contribution in [3.8, 4) is 11.6 Å². The van der Waals surface area contributed by atoms with E-state index in [9.17, 15) is 8.42 Å². The van der Waals surface area contributed by atoms with Crippen molar-refractivity contribution in [3.05, 3.63) is 83.9 Å². The van der Waals surface area contributed by atoms with Crippen molar-refractivity contribution < 1.29 is 17.4 Å². The van der Waals surface area contributed by atoms with Crippen LogP contribution < -0.4 is 4.72 Å². The molecule has 4 rings (SSSR count). The summed E-state index contributed by atoms with van der Waals surface area (Å²) >= 11 is 0.